The van der Waals surface area contributed by atoms with Gasteiger partial charge in [0.1, 0.15) is 24.2 Å². The molecule has 6 amide bonds. The van der Waals surface area contributed by atoms with Crippen LogP contribution >= 0.6 is 0 Å². The summed E-state index contributed by atoms with van der Waals surface area (Å²) < 4.78 is 9.65. The van der Waals surface area contributed by atoms with Crippen molar-refractivity contribution in [3.8, 4) is 11.1 Å². The van der Waals surface area contributed by atoms with E-state index in [0.717, 1.165) is 47.9 Å². The number of fused-ring (bicyclic) bond motifs is 3. The molecule has 0 radical (unpaired) electrons. The number of methoxy groups -OCH3 is 2. The van der Waals surface area contributed by atoms with Crippen molar-refractivity contribution in [2.75, 3.05) is 37.9 Å². The van der Waals surface area contributed by atoms with E-state index < -0.39 is 41.8 Å². The van der Waals surface area contributed by atoms with Crippen molar-refractivity contribution in [2.45, 2.75) is 94.8 Å². The van der Waals surface area contributed by atoms with Crippen molar-refractivity contribution in [3.63, 3.8) is 0 Å². The second-order valence-corrected chi connectivity index (χ2v) is 16.4. The Labute approximate surface area is 368 Å². The molecular weight excluding hydrogens is 801 g/mol. The summed E-state index contributed by atoms with van der Waals surface area (Å²) in [5.74, 6) is -1.39. The van der Waals surface area contributed by atoms with E-state index in [1.165, 1.54) is 14.2 Å². The average Bonchev–Trinajstić information content (AvgIpc) is 4.06. The highest BCUT2D eigenvalue weighted by Crippen LogP contribution is 2.55. The summed E-state index contributed by atoms with van der Waals surface area (Å²) >= 11 is 0. The van der Waals surface area contributed by atoms with E-state index in [1.807, 2.05) is 36.4 Å². The Hall–Kier alpha value is -6.70. The van der Waals surface area contributed by atoms with E-state index in [4.69, 9.17) is 9.47 Å². The van der Waals surface area contributed by atoms with Crippen LogP contribution in [0.25, 0.3) is 11.1 Å². The van der Waals surface area contributed by atoms with Gasteiger partial charge >= 0.3 is 12.2 Å². The van der Waals surface area contributed by atoms with Gasteiger partial charge in [-0.3, -0.25) is 19.2 Å². The SMILES string of the molecule is CCCC1(CCC)c2cc(NC(=O)[C@@H]3CCCN3C(=O)C(NC(=O)OC)c3ccccc3)ccc2-c2ccc(NC(=O)[C@@H]3CCCN3C(=O)C(NC(=O)OC)c3ccccc3)cc21. The summed E-state index contributed by atoms with van der Waals surface area (Å²) in [5, 5.41) is 11.6. The molecule has 63 heavy (non-hydrogen) atoms. The van der Waals surface area contributed by atoms with Gasteiger partial charge in [0.15, 0.2) is 0 Å². The van der Waals surface area contributed by atoms with Gasteiger partial charge in [0, 0.05) is 29.9 Å². The van der Waals surface area contributed by atoms with Crippen LogP contribution in [0.4, 0.5) is 21.0 Å². The standard InChI is InChI=1S/C49H56N6O8/c1-5-25-49(26-6-2)37-29-33(50-43(56)39-19-13-27-54(39)45(58)41(52-47(60)62-3)31-15-9-7-10-16-31)21-23-35(37)36-24-22-34(30-38(36)49)51-44(57)40-20-14-28-55(40)46(59)42(53-48(61)63-4)32-17-11-8-12-18-32/h7-12,15-18,21-24,29-30,39-42H,5-6,13-14,19-20,25-28H2,1-4H3,(H,50,56)(H,51,57)(H,52,60)(H,53,61)/t39-,40-,41?,42?/m0/s1. The number of hydrogen-bond donors (Lipinski definition) is 4. The summed E-state index contributed by atoms with van der Waals surface area (Å²) in [5.41, 5.74) is 6.27. The number of rotatable bonds is 14. The first-order valence-electron chi connectivity index (χ1n) is 21.8. The first kappa shape index (κ1) is 44.4. The summed E-state index contributed by atoms with van der Waals surface area (Å²) in [4.78, 5) is 83.9. The Bertz CT molecular complexity index is 2180. The highest BCUT2D eigenvalue weighted by Gasteiger charge is 2.44. The normalized spacial score (nSPS) is 18.0. The third-order valence-corrected chi connectivity index (χ3v) is 12.6. The third-order valence-electron chi connectivity index (χ3n) is 12.6. The van der Waals surface area contributed by atoms with Crippen molar-refractivity contribution < 1.29 is 38.2 Å². The zero-order valence-electron chi connectivity index (χ0n) is 36.3. The Morgan fingerprint density at radius 3 is 1.37 bits per heavy atom. The van der Waals surface area contributed by atoms with Crippen LogP contribution < -0.4 is 21.3 Å². The summed E-state index contributed by atoms with van der Waals surface area (Å²) in [6.45, 7) is 5.04. The number of ether oxygens (including phenoxy) is 2. The Morgan fingerprint density at radius 2 is 1.00 bits per heavy atom. The number of nitrogens with one attached hydrogen (secondary N) is 4. The predicted octanol–water partition coefficient (Wildman–Crippen LogP) is 7.61. The molecule has 4 aromatic rings. The number of amides is 6. The van der Waals surface area contributed by atoms with Crippen LogP contribution in [0.2, 0.25) is 0 Å². The van der Waals surface area contributed by atoms with Crippen molar-refractivity contribution >= 4 is 47.2 Å². The molecule has 4 aromatic carbocycles. The minimum atomic E-state index is -1.02. The molecule has 4 atom stereocenters. The van der Waals surface area contributed by atoms with Gasteiger partial charge in [-0.2, -0.15) is 0 Å². The number of hydrogen-bond acceptors (Lipinski definition) is 8. The predicted molar refractivity (Wildman–Crippen MR) is 239 cm³/mol. The number of anilines is 2. The molecule has 2 fully saturated rings. The fraction of sp³-hybridized carbons (Fsp3) is 0.388. The highest BCUT2D eigenvalue weighted by atomic mass is 16.5. The molecular formula is C49H56N6O8. The zero-order valence-corrected chi connectivity index (χ0v) is 36.3. The van der Waals surface area contributed by atoms with Crippen LogP contribution in [-0.4, -0.2) is 85.0 Å². The molecule has 0 saturated carbocycles. The molecule has 0 bridgehead atoms. The summed E-state index contributed by atoms with van der Waals surface area (Å²) in [6, 6.07) is 26.2. The van der Waals surface area contributed by atoms with Gasteiger partial charge in [-0.15, -0.1) is 0 Å². The lowest BCUT2D eigenvalue weighted by atomic mass is 9.71. The van der Waals surface area contributed by atoms with E-state index >= 15 is 0 Å². The topological polar surface area (TPSA) is 175 Å². The van der Waals surface area contributed by atoms with Crippen molar-refractivity contribution in [1.29, 1.82) is 0 Å². The van der Waals surface area contributed by atoms with Crippen LogP contribution in [0.5, 0.6) is 0 Å². The Morgan fingerprint density at radius 1 is 0.603 bits per heavy atom. The van der Waals surface area contributed by atoms with Crippen LogP contribution in [0.1, 0.15) is 99.6 Å². The van der Waals surface area contributed by atoms with Crippen molar-refractivity contribution in [3.05, 3.63) is 119 Å². The number of benzene rings is 4. The van der Waals surface area contributed by atoms with E-state index in [9.17, 15) is 28.8 Å². The molecule has 3 aliphatic rings. The maximum atomic E-state index is 14.1. The van der Waals surface area contributed by atoms with Gasteiger partial charge in [-0.25, -0.2) is 9.59 Å². The summed E-state index contributed by atoms with van der Waals surface area (Å²) in [7, 11) is 2.48. The molecule has 2 aliphatic heterocycles. The monoisotopic (exact) mass is 856 g/mol. The quantitative estimate of drug-likeness (QED) is 0.100. The smallest absolute Gasteiger partial charge is 0.407 e. The number of likely N-dealkylation sites (tertiary alicyclic amines) is 2. The fourth-order valence-electron chi connectivity index (χ4n) is 9.78. The van der Waals surface area contributed by atoms with Crippen molar-refractivity contribution in [2.24, 2.45) is 0 Å². The van der Waals surface area contributed by atoms with Gasteiger partial charge in [0.2, 0.25) is 11.8 Å². The minimum Gasteiger partial charge on any atom is -0.453 e. The van der Waals surface area contributed by atoms with E-state index in [1.54, 1.807) is 58.3 Å². The number of alkyl carbamates (subject to hydrolysis) is 2. The van der Waals surface area contributed by atoms with Crippen LogP contribution in [0.15, 0.2) is 97.1 Å². The number of nitrogens with zero attached hydrogens (tertiary/aromatic N) is 2. The molecule has 4 N–H and O–H groups in total. The lowest BCUT2D eigenvalue weighted by molar-refractivity contribution is -0.138. The number of carbonyl (C=O) groups is 6. The lowest BCUT2D eigenvalue weighted by Crippen LogP contribution is -2.48. The highest BCUT2D eigenvalue weighted by molar-refractivity contribution is 6.01. The average molecular weight is 857 g/mol. The van der Waals surface area contributed by atoms with E-state index in [0.29, 0.717) is 61.3 Å². The molecule has 14 nitrogen and oxygen atoms in total. The third kappa shape index (κ3) is 9.11. The molecule has 7 rings (SSSR count). The second kappa shape index (κ2) is 19.6. The molecule has 1 aliphatic carbocycles. The number of carbonyl (C=O) groups excluding carboxylic acids is 6. The zero-order chi connectivity index (χ0) is 44.7. The maximum Gasteiger partial charge on any atom is 0.407 e. The van der Waals surface area contributed by atoms with E-state index in [-0.39, 0.29) is 23.6 Å². The molecule has 0 spiro atoms. The van der Waals surface area contributed by atoms with E-state index in [2.05, 4.69) is 47.2 Å². The van der Waals surface area contributed by atoms with Gasteiger partial charge < -0.3 is 40.5 Å². The maximum absolute atomic E-state index is 14.1. The largest absolute Gasteiger partial charge is 0.453 e. The van der Waals surface area contributed by atoms with Gasteiger partial charge in [0.05, 0.1) is 14.2 Å². The molecule has 14 heteroatoms. The first-order chi connectivity index (χ1) is 30.5. The fourth-order valence-corrected chi connectivity index (χ4v) is 9.78. The Balaban J connectivity index is 1.11. The minimum absolute atomic E-state index is 0.307. The molecule has 2 saturated heterocycles. The molecule has 2 heterocycles. The molecule has 330 valence electrons. The first-order valence-corrected chi connectivity index (χ1v) is 21.8. The van der Waals surface area contributed by atoms with Gasteiger partial charge in [-0.1, -0.05) is 99.5 Å². The van der Waals surface area contributed by atoms with Crippen LogP contribution in [-0.2, 0) is 34.1 Å². The van der Waals surface area contributed by atoms with Crippen LogP contribution in [0, 0.1) is 0 Å². The molecule has 2 unspecified atom stereocenters. The van der Waals surface area contributed by atoms with Crippen LogP contribution in [0.3, 0.4) is 0 Å². The summed E-state index contributed by atoms with van der Waals surface area (Å²) in [6.07, 6.45) is 4.15. The Kier molecular flexibility index (Phi) is 13.8. The second-order valence-electron chi connectivity index (χ2n) is 16.4. The van der Waals surface area contributed by atoms with Gasteiger partial charge in [-0.05, 0) is 96.2 Å². The molecule has 0 aromatic heterocycles. The lowest BCUT2D eigenvalue weighted by Gasteiger charge is -2.33. The van der Waals surface area contributed by atoms with Gasteiger partial charge in [0.25, 0.3) is 11.8 Å². The van der Waals surface area contributed by atoms with Crippen molar-refractivity contribution in [1.82, 2.24) is 20.4 Å².